The van der Waals surface area contributed by atoms with Crippen LogP contribution in [0.15, 0.2) is 105 Å². The van der Waals surface area contributed by atoms with E-state index in [1.807, 2.05) is 84.9 Å². The summed E-state index contributed by atoms with van der Waals surface area (Å²) >= 11 is 3.23. The van der Waals surface area contributed by atoms with E-state index in [0.717, 1.165) is 31.1 Å². The Morgan fingerprint density at radius 3 is 1.47 bits per heavy atom. The van der Waals surface area contributed by atoms with E-state index in [0.29, 0.717) is 22.6 Å². The van der Waals surface area contributed by atoms with E-state index >= 15 is 0 Å². The molecule has 144 valence electrons. The predicted octanol–water partition coefficient (Wildman–Crippen LogP) is 7.43. The molecular formula is C25H14O3S2. The maximum atomic E-state index is 13.6. The van der Waals surface area contributed by atoms with Gasteiger partial charge in [-0.3, -0.25) is 4.79 Å². The molecule has 0 amide bonds. The van der Waals surface area contributed by atoms with Crippen molar-refractivity contribution in [1.82, 2.24) is 0 Å². The van der Waals surface area contributed by atoms with Crippen molar-refractivity contribution in [2.45, 2.75) is 19.6 Å². The maximum Gasteiger partial charge on any atom is 0.200 e. The number of carbonyl (C=O) groups is 1. The van der Waals surface area contributed by atoms with Crippen molar-refractivity contribution in [3.05, 3.63) is 96.1 Å². The van der Waals surface area contributed by atoms with Crippen LogP contribution in [-0.4, -0.2) is 5.78 Å². The second kappa shape index (κ2) is 6.97. The zero-order valence-corrected chi connectivity index (χ0v) is 17.3. The van der Waals surface area contributed by atoms with Crippen molar-refractivity contribution in [2.75, 3.05) is 0 Å². The number of benzene rings is 4. The third-order valence-electron chi connectivity index (χ3n) is 5.01. The zero-order valence-electron chi connectivity index (χ0n) is 15.6. The van der Waals surface area contributed by atoms with Gasteiger partial charge in [-0.15, -0.1) is 0 Å². The predicted molar refractivity (Wildman–Crippen MR) is 118 cm³/mol. The lowest BCUT2D eigenvalue weighted by molar-refractivity contribution is 0.103. The molecule has 30 heavy (non-hydrogen) atoms. The van der Waals surface area contributed by atoms with E-state index in [-0.39, 0.29) is 5.78 Å². The first-order valence-corrected chi connectivity index (χ1v) is 11.1. The second-order valence-electron chi connectivity index (χ2n) is 6.90. The molecule has 0 bridgehead atoms. The molecule has 0 unspecified atom stereocenters. The topological polar surface area (TPSA) is 35.5 Å². The first kappa shape index (κ1) is 17.7. The summed E-state index contributed by atoms with van der Waals surface area (Å²) in [6.45, 7) is 0. The molecule has 5 heteroatoms. The highest BCUT2D eigenvalue weighted by Crippen LogP contribution is 2.51. The minimum absolute atomic E-state index is 0.108. The van der Waals surface area contributed by atoms with Crippen LogP contribution in [0.1, 0.15) is 15.9 Å². The summed E-state index contributed by atoms with van der Waals surface area (Å²) in [4.78, 5) is 17.6. The van der Waals surface area contributed by atoms with Crippen LogP contribution < -0.4 is 9.47 Å². The monoisotopic (exact) mass is 426 g/mol. The number of fused-ring (bicyclic) bond motifs is 4. The molecule has 0 spiro atoms. The second-order valence-corrected chi connectivity index (χ2v) is 9.06. The Morgan fingerprint density at radius 2 is 0.967 bits per heavy atom. The van der Waals surface area contributed by atoms with Gasteiger partial charge in [0.25, 0.3) is 0 Å². The first-order valence-electron chi connectivity index (χ1n) is 9.48. The van der Waals surface area contributed by atoms with Crippen LogP contribution in [-0.2, 0) is 0 Å². The molecule has 0 N–H and O–H groups in total. The lowest BCUT2D eigenvalue weighted by Gasteiger charge is -2.23. The van der Waals surface area contributed by atoms with Gasteiger partial charge in [-0.1, -0.05) is 59.9 Å². The van der Waals surface area contributed by atoms with Crippen molar-refractivity contribution in [3.8, 4) is 23.0 Å². The molecule has 0 aromatic heterocycles. The lowest BCUT2D eigenvalue weighted by Crippen LogP contribution is -2.09. The largest absolute Gasteiger partial charge is 0.454 e. The smallest absolute Gasteiger partial charge is 0.200 e. The van der Waals surface area contributed by atoms with Crippen LogP contribution in [0.2, 0.25) is 0 Å². The molecular weight excluding hydrogens is 412 g/mol. The van der Waals surface area contributed by atoms with Gasteiger partial charge in [0.1, 0.15) is 11.5 Å². The molecule has 0 fully saturated rings. The molecule has 3 nitrogen and oxygen atoms in total. The molecule has 0 radical (unpaired) electrons. The van der Waals surface area contributed by atoms with Crippen molar-refractivity contribution >= 4 is 29.3 Å². The first-order chi connectivity index (χ1) is 14.8. The zero-order chi connectivity index (χ0) is 20.1. The Balaban J connectivity index is 1.43. The highest BCUT2D eigenvalue weighted by Gasteiger charge is 2.28. The van der Waals surface area contributed by atoms with E-state index in [1.54, 1.807) is 23.5 Å². The summed E-state index contributed by atoms with van der Waals surface area (Å²) in [5.41, 5.74) is 1.07. The molecule has 4 aromatic rings. The number of rotatable bonds is 2. The third kappa shape index (κ3) is 2.82. The van der Waals surface area contributed by atoms with Gasteiger partial charge in [0.05, 0.1) is 30.7 Å². The molecule has 0 atom stereocenters. The quantitative estimate of drug-likeness (QED) is 0.269. The molecule has 0 saturated heterocycles. The van der Waals surface area contributed by atoms with Crippen molar-refractivity contribution in [2.24, 2.45) is 0 Å². The number of para-hydroxylation sites is 4. The third-order valence-corrected chi connectivity index (χ3v) is 7.21. The van der Waals surface area contributed by atoms with Crippen LogP contribution in [0.25, 0.3) is 0 Å². The Labute approximate surface area is 182 Å². The lowest BCUT2D eigenvalue weighted by atomic mass is 10.0. The number of ketones is 1. The van der Waals surface area contributed by atoms with Gasteiger partial charge in [-0.05, 0) is 48.5 Å². The summed E-state index contributed by atoms with van der Waals surface area (Å²) in [7, 11) is 0. The van der Waals surface area contributed by atoms with Gasteiger partial charge in [0, 0.05) is 0 Å². The number of hydrogen-bond donors (Lipinski definition) is 0. The van der Waals surface area contributed by atoms with Crippen molar-refractivity contribution < 1.29 is 14.3 Å². The number of ether oxygens (including phenoxy) is 2. The summed E-state index contributed by atoms with van der Waals surface area (Å²) in [6, 6.07) is 27.1. The fourth-order valence-corrected chi connectivity index (χ4v) is 5.57. The molecule has 2 aliphatic rings. The van der Waals surface area contributed by atoms with Gasteiger partial charge in [-0.2, -0.15) is 0 Å². The highest BCUT2D eigenvalue weighted by molar-refractivity contribution is 7.99. The fraction of sp³-hybridized carbons (Fsp3) is 0. The average Bonchev–Trinajstić information content (AvgIpc) is 2.80. The van der Waals surface area contributed by atoms with Crippen LogP contribution in [0, 0.1) is 0 Å². The molecule has 2 heterocycles. The number of hydrogen-bond acceptors (Lipinski definition) is 5. The SMILES string of the molecule is O=C(c1cccc2c1Oc1ccccc1S2)c1cccc2c1Oc1ccccc1S2. The standard InChI is InChI=1S/C25H14O3S2/c26-23(15-7-5-13-21-24(15)27-17-9-1-3-11-19(17)29-21)16-8-6-14-22-25(16)28-18-10-2-4-12-20(18)30-22/h1-14H. The van der Waals surface area contributed by atoms with Crippen molar-refractivity contribution in [3.63, 3.8) is 0 Å². The van der Waals surface area contributed by atoms with Crippen LogP contribution >= 0.6 is 23.5 Å². The van der Waals surface area contributed by atoms with Crippen LogP contribution in [0.4, 0.5) is 0 Å². The molecule has 0 aliphatic carbocycles. The Morgan fingerprint density at radius 1 is 0.533 bits per heavy atom. The maximum absolute atomic E-state index is 13.6. The summed E-state index contributed by atoms with van der Waals surface area (Å²) < 4.78 is 12.3. The normalized spacial score (nSPS) is 13.1. The summed E-state index contributed by atoms with van der Waals surface area (Å²) in [5, 5.41) is 0. The van der Waals surface area contributed by atoms with Crippen LogP contribution in [0.5, 0.6) is 23.0 Å². The Kier molecular flexibility index (Phi) is 4.11. The minimum Gasteiger partial charge on any atom is -0.454 e. The highest BCUT2D eigenvalue weighted by atomic mass is 32.2. The molecule has 6 rings (SSSR count). The van der Waals surface area contributed by atoms with Gasteiger partial charge < -0.3 is 9.47 Å². The van der Waals surface area contributed by atoms with Crippen LogP contribution in [0.3, 0.4) is 0 Å². The Bertz CT molecular complexity index is 1230. The molecule has 2 aliphatic heterocycles. The van der Waals surface area contributed by atoms with Gasteiger partial charge in [-0.25, -0.2) is 0 Å². The van der Waals surface area contributed by atoms with E-state index in [2.05, 4.69) is 0 Å². The van der Waals surface area contributed by atoms with Gasteiger partial charge in [0.15, 0.2) is 11.5 Å². The van der Waals surface area contributed by atoms with E-state index in [9.17, 15) is 4.79 Å². The average molecular weight is 427 g/mol. The van der Waals surface area contributed by atoms with E-state index in [4.69, 9.17) is 9.47 Å². The summed E-state index contributed by atoms with van der Waals surface area (Å²) in [6.07, 6.45) is 0. The summed E-state index contributed by atoms with van der Waals surface area (Å²) in [5.74, 6) is 2.64. The fourth-order valence-electron chi connectivity index (χ4n) is 3.60. The van der Waals surface area contributed by atoms with E-state index in [1.165, 1.54) is 0 Å². The number of carbonyl (C=O) groups excluding carboxylic acids is 1. The van der Waals surface area contributed by atoms with E-state index < -0.39 is 0 Å². The molecule has 4 aromatic carbocycles. The van der Waals surface area contributed by atoms with Crippen molar-refractivity contribution in [1.29, 1.82) is 0 Å². The van der Waals surface area contributed by atoms with Gasteiger partial charge >= 0.3 is 0 Å². The molecule has 0 saturated carbocycles. The Hall–Kier alpha value is -3.15. The van der Waals surface area contributed by atoms with Gasteiger partial charge in [0.2, 0.25) is 5.78 Å². The minimum atomic E-state index is -0.108.